The number of fused-ring (bicyclic) bond motifs is 2. The lowest BCUT2D eigenvalue weighted by atomic mass is 10.1. The fourth-order valence-corrected chi connectivity index (χ4v) is 2.43. The monoisotopic (exact) mass is 311 g/mol. The maximum atomic E-state index is 12.9. The lowest BCUT2D eigenvalue weighted by molar-refractivity contribution is -0.120. The van der Waals surface area contributed by atoms with Crippen LogP contribution in [0.15, 0.2) is 42.6 Å². The zero-order valence-electron chi connectivity index (χ0n) is 12.9. The molecule has 2 heterocycles. The molecule has 0 fully saturated rings. The zero-order valence-corrected chi connectivity index (χ0v) is 12.9. The molecular formula is C17H17N3O3. The van der Waals surface area contributed by atoms with E-state index in [1.807, 2.05) is 13.8 Å². The Morgan fingerprint density at radius 1 is 1.26 bits per heavy atom. The van der Waals surface area contributed by atoms with Crippen molar-refractivity contribution >= 4 is 17.5 Å². The minimum absolute atomic E-state index is 0.00138. The highest BCUT2D eigenvalue weighted by Gasteiger charge is 2.30. The van der Waals surface area contributed by atoms with Crippen molar-refractivity contribution in [2.45, 2.75) is 19.9 Å². The van der Waals surface area contributed by atoms with Gasteiger partial charge in [0.1, 0.15) is 18.0 Å². The number of amides is 2. The molecule has 23 heavy (non-hydrogen) atoms. The molecule has 6 heteroatoms. The second-order valence-electron chi connectivity index (χ2n) is 5.54. The molecule has 1 aliphatic rings. The van der Waals surface area contributed by atoms with Gasteiger partial charge in [0, 0.05) is 12.2 Å². The third kappa shape index (κ3) is 3.01. The molecule has 1 aromatic heterocycles. The molecule has 1 aliphatic heterocycles. The van der Waals surface area contributed by atoms with E-state index in [9.17, 15) is 9.59 Å². The molecule has 2 amide bonds. The van der Waals surface area contributed by atoms with Crippen molar-refractivity contribution in [3.8, 4) is 11.6 Å². The Bertz CT molecular complexity index is 758. The Hall–Kier alpha value is -2.89. The van der Waals surface area contributed by atoms with E-state index in [4.69, 9.17) is 4.74 Å². The van der Waals surface area contributed by atoms with Crippen LogP contribution in [0.1, 0.15) is 24.2 Å². The first-order valence-electron chi connectivity index (χ1n) is 7.39. The summed E-state index contributed by atoms with van der Waals surface area (Å²) >= 11 is 0. The van der Waals surface area contributed by atoms with Gasteiger partial charge < -0.3 is 10.1 Å². The van der Waals surface area contributed by atoms with Crippen molar-refractivity contribution in [2.24, 2.45) is 0 Å². The summed E-state index contributed by atoms with van der Waals surface area (Å²) in [5.74, 6) is 0.223. The maximum absolute atomic E-state index is 12.9. The van der Waals surface area contributed by atoms with Crippen LogP contribution in [0.4, 0.5) is 5.69 Å². The van der Waals surface area contributed by atoms with E-state index < -0.39 is 0 Å². The highest BCUT2D eigenvalue weighted by atomic mass is 16.5. The summed E-state index contributed by atoms with van der Waals surface area (Å²) in [6.45, 7) is 3.65. The number of rotatable bonds is 3. The highest BCUT2D eigenvalue weighted by Crippen LogP contribution is 2.36. The lowest BCUT2D eigenvalue weighted by Crippen LogP contribution is -2.42. The van der Waals surface area contributed by atoms with Gasteiger partial charge in [-0.25, -0.2) is 4.98 Å². The van der Waals surface area contributed by atoms with Crippen LogP contribution in [0.3, 0.4) is 0 Å². The normalized spacial score (nSPS) is 13.0. The summed E-state index contributed by atoms with van der Waals surface area (Å²) in [5, 5.41) is 2.79. The number of aromatic nitrogens is 1. The first kappa shape index (κ1) is 15.0. The van der Waals surface area contributed by atoms with E-state index in [2.05, 4.69) is 10.3 Å². The Morgan fingerprint density at radius 2 is 2.04 bits per heavy atom. The molecule has 0 radical (unpaired) electrons. The minimum Gasteiger partial charge on any atom is -0.436 e. The quantitative estimate of drug-likeness (QED) is 0.944. The van der Waals surface area contributed by atoms with Crippen molar-refractivity contribution < 1.29 is 14.3 Å². The Balaban J connectivity index is 2.03. The topological polar surface area (TPSA) is 71.5 Å². The number of carbonyl (C=O) groups excluding carboxylic acids is 2. The summed E-state index contributed by atoms with van der Waals surface area (Å²) in [6, 6.07) is 10.4. The van der Waals surface area contributed by atoms with Crippen LogP contribution in [0.2, 0.25) is 0 Å². The first-order valence-corrected chi connectivity index (χ1v) is 7.39. The van der Waals surface area contributed by atoms with Gasteiger partial charge in [-0.15, -0.1) is 0 Å². The molecule has 0 saturated carbocycles. The van der Waals surface area contributed by atoms with E-state index in [0.29, 0.717) is 22.9 Å². The van der Waals surface area contributed by atoms with E-state index in [-0.39, 0.29) is 24.4 Å². The fourth-order valence-electron chi connectivity index (χ4n) is 2.43. The molecule has 0 aliphatic carbocycles. The lowest BCUT2D eigenvalue weighted by Gasteiger charge is -2.21. The molecule has 1 aromatic carbocycles. The van der Waals surface area contributed by atoms with E-state index in [1.165, 1.54) is 4.90 Å². The molecule has 118 valence electrons. The smallest absolute Gasteiger partial charge is 0.262 e. The highest BCUT2D eigenvalue weighted by molar-refractivity contribution is 6.11. The van der Waals surface area contributed by atoms with Gasteiger partial charge in [-0.1, -0.05) is 12.1 Å². The van der Waals surface area contributed by atoms with Gasteiger partial charge in [0.2, 0.25) is 11.8 Å². The molecule has 2 aromatic rings. The largest absolute Gasteiger partial charge is 0.436 e. The van der Waals surface area contributed by atoms with Gasteiger partial charge >= 0.3 is 0 Å². The number of ether oxygens (including phenoxy) is 1. The Morgan fingerprint density at radius 3 is 2.83 bits per heavy atom. The average molecular weight is 311 g/mol. The second kappa shape index (κ2) is 6.08. The summed E-state index contributed by atoms with van der Waals surface area (Å²) in [6.07, 6.45) is 1.59. The number of nitrogens with zero attached hydrogens (tertiary/aromatic N) is 2. The molecular weight excluding hydrogens is 294 g/mol. The number of nitrogens with one attached hydrogen (secondary N) is 1. The van der Waals surface area contributed by atoms with Gasteiger partial charge in [-0.05, 0) is 38.1 Å². The van der Waals surface area contributed by atoms with Crippen LogP contribution in [0.5, 0.6) is 11.6 Å². The fraction of sp³-hybridized carbons (Fsp3) is 0.235. The molecule has 0 saturated heterocycles. The first-order chi connectivity index (χ1) is 11.1. The van der Waals surface area contributed by atoms with Crippen LogP contribution in [0, 0.1) is 0 Å². The maximum Gasteiger partial charge on any atom is 0.262 e. The van der Waals surface area contributed by atoms with Crippen LogP contribution in [-0.4, -0.2) is 29.4 Å². The predicted molar refractivity (Wildman–Crippen MR) is 85.7 cm³/mol. The number of benzene rings is 1. The molecule has 1 N–H and O–H groups in total. The molecule has 0 bridgehead atoms. The van der Waals surface area contributed by atoms with Crippen molar-refractivity contribution in [1.29, 1.82) is 0 Å². The number of para-hydroxylation sites is 1. The van der Waals surface area contributed by atoms with E-state index in [1.54, 1.807) is 42.6 Å². The van der Waals surface area contributed by atoms with Crippen molar-refractivity contribution in [3.63, 3.8) is 0 Å². The van der Waals surface area contributed by atoms with Crippen LogP contribution in [-0.2, 0) is 4.79 Å². The number of hydrogen-bond donors (Lipinski definition) is 1. The van der Waals surface area contributed by atoms with Gasteiger partial charge in [0.15, 0.2) is 0 Å². The number of anilines is 1. The summed E-state index contributed by atoms with van der Waals surface area (Å²) in [5.41, 5.74) is 0.885. The van der Waals surface area contributed by atoms with Crippen LogP contribution < -0.4 is 15.0 Å². The standard InChI is InChI=1S/C17H17N3O3/c1-11(2)19-15(21)10-20-13-7-5-9-18-16(13)23-14-8-4-3-6-12(14)17(20)22/h3-9,11H,10H2,1-2H3,(H,19,21). The van der Waals surface area contributed by atoms with Gasteiger partial charge in [-0.3, -0.25) is 14.5 Å². The van der Waals surface area contributed by atoms with Gasteiger partial charge in [0.25, 0.3) is 5.91 Å². The molecule has 0 atom stereocenters. The molecule has 0 spiro atoms. The van der Waals surface area contributed by atoms with Crippen LogP contribution >= 0.6 is 0 Å². The number of carbonyl (C=O) groups is 2. The minimum atomic E-state index is -0.286. The summed E-state index contributed by atoms with van der Waals surface area (Å²) < 4.78 is 5.76. The van der Waals surface area contributed by atoms with Gasteiger partial charge in [0.05, 0.1) is 5.56 Å². The third-order valence-corrected chi connectivity index (χ3v) is 3.36. The molecule has 6 nitrogen and oxygen atoms in total. The average Bonchev–Trinajstić information content (AvgIpc) is 2.63. The summed E-state index contributed by atoms with van der Waals surface area (Å²) in [4.78, 5) is 30.6. The van der Waals surface area contributed by atoms with Crippen LogP contribution in [0.25, 0.3) is 0 Å². The third-order valence-electron chi connectivity index (χ3n) is 3.36. The number of pyridine rings is 1. The molecule has 0 unspecified atom stereocenters. The number of hydrogen-bond acceptors (Lipinski definition) is 4. The summed E-state index contributed by atoms with van der Waals surface area (Å²) in [7, 11) is 0. The predicted octanol–water partition coefficient (Wildman–Crippen LogP) is 2.36. The zero-order chi connectivity index (χ0) is 16.4. The van der Waals surface area contributed by atoms with Crippen molar-refractivity contribution in [1.82, 2.24) is 10.3 Å². The Labute approximate surface area is 134 Å². The van der Waals surface area contributed by atoms with E-state index >= 15 is 0 Å². The molecule has 3 rings (SSSR count). The van der Waals surface area contributed by atoms with Crippen molar-refractivity contribution in [3.05, 3.63) is 48.2 Å². The Kier molecular flexibility index (Phi) is 3.97. The second-order valence-corrected chi connectivity index (χ2v) is 5.54. The van der Waals surface area contributed by atoms with Crippen molar-refractivity contribution in [2.75, 3.05) is 11.4 Å². The van der Waals surface area contributed by atoms with Gasteiger partial charge in [-0.2, -0.15) is 0 Å². The van der Waals surface area contributed by atoms with E-state index in [0.717, 1.165) is 0 Å². The SMILES string of the molecule is CC(C)NC(=O)CN1C(=O)c2ccccc2Oc2ncccc21.